The Labute approximate surface area is 353 Å². The summed E-state index contributed by atoms with van der Waals surface area (Å²) in [5.74, 6) is 0. The van der Waals surface area contributed by atoms with Crippen LogP contribution in [0.15, 0.2) is 235 Å². The van der Waals surface area contributed by atoms with Crippen LogP contribution in [0, 0.1) is 0 Å². The fourth-order valence-corrected chi connectivity index (χ4v) is 9.44. The van der Waals surface area contributed by atoms with E-state index in [9.17, 15) is 0 Å². The number of fused-ring (bicyclic) bond motifs is 7. The lowest BCUT2D eigenvalue weighted by Crippen LogP contribution is -2.14. The molecule has 2 aromatic heterocycles. The van der Waals surface area contributed by atoms with E-state index < -0.39 is 0 Å². The smallest absolute Gasteiger partial charge is 0.143 e. The summed E-state index contributed by atoms with van der Waals surface area (Å²) in [6, 6.07) is 83.1. The van der Waals surface area contributed by atoms with Crippen LogP contribution in [-0.4, -0.2) is 4.57 Å². The molecule has 0 aliphatic carbocycles. The molecular weight excluding hydrogens is 741 g/mol. The summed E-state index contributed by atoms with van der Waals surface area (Å²) >= 11 is 0. The Bertz CT molecular complexity index is 3550. The number of anilines is 3. The van der Waals surface area contributed by atoms with Gasteiger partial charge in [-0.2, -0.15) is 0 Å². The standard InChI is InChI=1S/C58H38N2O/c1-2-17-40(18-3-1)46-36-35-42(45-27-15-20-39-19-4-5-23-44(39)45)38-56(46)59(43-22-14-21-41(37-43)47-28-16-29-51-50-26-8-13-34-57(50)61-58(47)51)54-32-11-12-33-55(54)60-52-30-9-6-24-48(52)49-25-7-10-31-53(49)60/h1-38H. The summed E-state index contributed by atoms with van der Waals surface area (Å²) in [4.78, 5) is 2.47. The number of nitrogens with zero attached hydrogens (tertiary/aromatic N) is 2. The van der Waals surface area contributed by atoms with Crippen LogP contribution in [0.5, 0.6) is 0 Å². The first-order valence-electron chi connectivity index (χ1n) is 20.8. The van der Waals surface area contributed by atoms with Gasteiger partial charge in [-0.15, -0.1) is 0 Å². The first-order chi connectivity index (χ1) is 30.3. The molecule has 3 nitrogen and oxygen atoms in total. The van der Waals surface area contributed by atoms with Crippen molar-refractivity contribution in [2.45, 2.75) is 0 Å². The Hall–Kier alpha value is -8.14. The molecule has 2 heterocycles. The van der Waals surface area contributed by atoms with E-state index in [1.165, 1.54) is 27.1 Å². The van der Waals surface area contributed by atoms with Gasteiger partial charge in [0.25, 0.3) is 0 Å². The second-order valence-corrected chi connectivity index (χ2v) is 15.6. The number of aromatic nitrogens is 1. The molecule has 0 saturated carbocycles. The maximum absolute atomic E-state index is 6.62. The summed E-state index contributed by atoms with van der Waals surface area (Å²) in [6.45, 7) is 0. The average Bonchev–Trinajstić information content (AvgIpc) is 3.88. The quantitative estimate of drug-likeness (QED) is 0.161. The molecule has 0 amide bonds. The number of furan rings is 1. The zero-order chi connectivity index (χ0) is 40.3. The third-order valence-electron chi connectivity index (χ3n) is 12.2. The van der Waals surface area contributed by atoms with Gasteiger partial charge in [0.1, 0.15) is 11.2 Å². The molecule has 12 aromatic rings. The molecule has 0 unspecified atom stereocenters. The van der Waals surface area contributed by atoms with Crippen LogP contribution in [0.4, 0.5) is 17.1 Å². The molecule has 0 saturated heterocycles. The second-order valence-electron chi connectivity index (χ2n) is 15.6. The van der Waals surface area contributed by atoms with Crippen LogP contribution in [0.25, 0.3) is 93.6 Å². The van der Waals surface area contributed by atoms with Gasteiger partial charge >= 0.3 is 0 Å². The minimum atomic E-state index is 0.889. The van der Waals surface area contributed by atoms with Gasteiger partial charge in [-0.3, -0.25) is 0 Å². The van der Waals surface area contributed by atoms with E-state index in [-0.39, 0.29) is 0 Å². The SMILES string of the molecule is c1ccc(-c2ccc(-c3cccc4ccccc34)cc2N(c2cccc(-c3cccc4c3oc3ccccc34)c2)c2ccccc2-n2c3ccccc3c3ccccc32)cc1. The summed E-state index contributed by atoms with van der Waals surface area (Å²) in [5, 5.41) is 7.12. The summed E-state index contributed by atoms with van der Waals surface area (Å²) < 4.78 is 9.05. The number of hydrogen-bond acceptors (Lipinski definition) is 2. The first kappa shape index (κ1) is 34.9. The molecule has 0 aliphatic heterocycles. The normalized spacial score (nSPS) is 11.6. The van der Waals surface area contributed by atoms with Crippen molar-refractivity contribution in [3.8, 4) is 39.1 Å². The van der Waals surface area contributed by atoms with Gasteiger partial charge in [-0.05, 0) is 81.6 Å². The second kappa shape index (κ2) is 14.3. The Morgan fingerprint density at radius 2 is 0.934 bits per heavy atom. The van der Waals surface area contributed by atoms with Crippen molar-refractivity contribution in [1.29, 1.82) is 0 Å². The van der Waals surface area contributed by atoms with Gasteiger partial charge < -0.3 is 13.9 Å². The van der Waals surface area contributed by atoms with E-state index in [4.69, 9.17) is 4.42 Å². The minimum absolute atomic E-state index is 0.889. The molecule has 286 valence electrons. The number of benzene rings is 10. The molecule has 0 atom stereocenters. The van der Waals surface area contributed by atoms with Crippen LogP contribution < -0.4 is 4.90 Å². The zero-order valence-corrected chi connectivity index (χ0v) is 33.2. The summed E-state index contributed by atoms with van der Waals surface area (Å²) in [7, 11) is 0. The molecule has 0 bridgehead atoms. The molecule has 0 N–H and O–H groups in total. The van der Waals surface area contributed by atoms with Crippen molar-refractivity contribution in [3.63, 3.8) is 0 Å². The van der Waals surface area contributed by atoms with Crippen LogP contribution >= 0.6 is 0 Å². The largest absolute Gasteiger partial charge is 0.455 e. The highest BCUT2D eigenvalue weighted by molar-refractivity contribution is 6.11. The van der Waals surface area contributed by atoms with Gasteiger partial charge in [0.15, 0.2) is 0 Å². The highest BCUT2D eigenvalue weighted by Crippen LogP contribution is 2.48. The Morgan fingerprint density at radius 3 is 1.77 bits per heavy atom. The van der Waals surface area contributed by atoms with Crippen LogP contribution in [0.3, 0.4) is 0 Å². The van der Waals surface area contributed by atoms with E-state index >= 15 is 0 Å². The molecule has 0 spiro atoms. The van der Waals surface area contributed by atoms with Crippen molar-refractivity contribution in [1.82, 2.24) is 4.57 Å². The van der Waals surface area contributed by atoms with Crippen LogP contribution in [0.1, 0.15) is 0 Å². The lowest BCUT2D eigenvalue weighted by molar-refractivity contribution is 0.670. The highest BCUT2D eigenvalue weighted by atomic mass is 16.3. The predicted molar refractivity (Wildman–Crippen MR) is 257 cm³/mol. The monoisotopic (exact) mass is 778 g/mol. The van der Waals surface area contributed by atoms with Crippen molar-refractivity contribution >= 4 is 71.6 Å². The maximum atomic E-state index is 6.62. The fraction of sp³-hybridized carbons (Fsp3) is 0. The fourth-order valence-electron chi connectivity index (χ4n) is 9.44. The van der Waals surface area contributed by atoms with E-state index in [0.717, 1.165) is 83.5 Å². The lowest BCUT2D eigenvalue weighted by atomic mass is 9.94. The number of hydrogen-bond donors (Lipinski definition) is 0. The van der Waals surface area contributed by atoms with Crippen molar-refractivity contribution in [3.05, 3.63) is 231 Å². The molecule has 12 rings (SSSR count). The van der Waals surface area contributed by atoms with Gasteiger partial charge in [0.2, 0.25) is 0 Å². The minimum Gasteiger partial charge on any atom is -0.455 e. The van der Waals surface area contributed by atoms with E-state index in [1.54, 1.807) is 0 Å². The first-order valence-corrected chi connectivity index (χ1v) is 20.8. The topological polar surface area (TPSA) is 21.3 Å². The van der Waals surface area contributed by atoms with Crippen molar-refractivity contribution < 1.29 is 4.42 Å². The van der Waals surface area contributed by atoms with Crippen molar-refractivity contribution in [2.75, 3.05) is 4.90 Å². The summed E-state index contributed by atoms with van der Waals surface area (Å²) in [5.41, 5.74) is 15.1. The molecule has 0 aliphatic rings. The number of rotatable bonds is 7. The molecule has 0 radical (unpaired) electrons. The van der Waals surface area contributed by atoms with Gasteiger partial charge in [0, 0.05) is 38.4 Å². The summed E-state index contributed by atoms with van der Waals surface area (Å²) in [6.07, 6.45) is 0. The van der Waals surface area contributed by atoms with E-state index in [2.05, 4.69) is 234 Å². The molecule has 3 heteroatoms. The Balaban J connectivity index is 1.16. The zero-order valence-electron chi connectivity index (χ0n) is 33.2. The molecule has 0 fully saturated rings. The molecule has 10 aromatic carbocycles. The van der Waals surface area contributed by atoms with Crippen LogP contribution in [0.2, 0.25) is 0 Å². The lowest BCUT2D eigenvalue weighted by Gasteiger charge is -2.31. The maximum Gasteiger partial charge on any atom is 0.143 e. The van der Waals surface area contributed by atoms with Crippen molar-refractivity contribution in [2.24, 2.45) is 0 Å². The predicted octanol–water partition coefficient (Wildman–Crippen LogP) is 16.3. The number of para-hydroxylation sites is 6. The third kappa shape index (κ3) is 5.74. The molecule has 61 heavy (non-hydrogen) atoms. The Morgan fingerprint density at radius 1 is 0.344 bits per heavy atom. The van der Waals surface area contributed by atoms with E-state index in [0.29, 0.717) is 0 Å². The highest BCUT2D eigenvalue weighted by Gasteiger charge is 2.24. The average molecular weight is 779 g/mol. The Kier molecular flexibility index (Phi) is 8.17. The van der Waals surface area contributed by atoms with Crippen LogP contribution in [-0.2, 0) is 0 Å². The third-order valence-corrected chi connectivity index (χ3v) is 12.2. The van der Waals surface area contributed by atoms with Gasteiger partial charge in [-0.1, -0.05) is 182 Å². The van der Waals surface area contributed by atoms with E-state index in [1.807, 2.05) is 6.07 Å². The van der Waals surface area contributed by atoms with Gasteiger partial charge in [0.05, 0.1) is 28.1 Å². The molecular formula is C58H38N2O. The van der Waals surface area contributed by atoms with Gasteiger partial charge in [-0.25, -0.2) is 0 Å².